The van der Waals surface area contributed by atoms with Crippen LogP contribution in [0.4, 0.5) is 0 Å². The second kappa shape index (κ2) is 5.64. The Hall–Kier alpha value is -0.860. The van der Waals surface area contributed by atoms with Gasteiger partial charge < -0.3 is 5.32 Å². The molecular formula is C17H26N2. The third kappa shape index (κ3) is 3.01. The van der Waals surface area contributed by atoms with Gasteiger partial charge in [0, 0.05) is 25.2 Å². The second-order valence-electron chi connectivity index (χ2n) is 6.11. The van der Waals surface area contributed by atoms with Gasteiger partial charge in [0.15, 0.2) is 0 Å². The van der Waals surface area contributed by atoms with E-state index in [1.165, 1.54) is 44.3 Å². The van der Waals surface area contributed by atoms with Crippen LogP contribution in [0.1, 0.15) is 48.9 Å². The molecule has 1 N–H and O–H groups in total. The van der Waals surface area contributed by atoms with Crippen LogP contribution in [-0.2, 0) is 6.42 Å². The summed E-state index contributed by atoms with van der Waals surface area (Å²) < 4.78 is 0. The smallest absolute Gasteiger partial charge is 0.0326 e. The molecule has 2 aliphatic rings. The average molecular weight is 258 g/mol. The molecule has 2 heteroatoms. The first-order chi connectivity index (χ1) is 9.28. The van der Waals surface area contributed by atoms with Gasteiger partial charge in [-0.05, 0) is 50.3 Å². The van der Waals surface area contributed by atoms with Crippen molar-refractivity contribution in [3.05, 3.63) is 34.9 Å². The largest absolute Gasteiger partial charge is 0.309 e. The van der Waals surface area contributed by atoms with E-state index in [1.54, 1.807) is 11.1 Å². The third-order valence-electron chi connectivity index (χ3n) is 4.64. The first-order valence-electron chi connectivity index (χ1n) is 7.84. The first-order valence-corrected chi connectivity index (χ1v) is 7.84. The van der Waals surface area contributed by atoms with Crippen LogP contribution in [0.25, 0.3) is 0 Å². The zero-order chi connectivity index (χ0) is 13.2. The van der Waals surface area contributed by atoms with E-state index in [4.69, 9.17) is 0 Å². The molecule has 2 nitrogen and oxygen atoms in total. The van der Waals surface area contributed by atoms with E-state index < -0.39 is 0 Å². The highest BCUT2D eigenvalue weighted by Gasteiger charge is 2.28. The second-order valence-corrected chi connectivity index (χ2v) is 6.11. The van der Waals surface area contributed by atoms with Gasteiger partial charge in [-0.15, -0.1) is 0 Å². The number of nitrogens with one attached hydrogen (secondary N) is 1. The van der Waals surface area contributed by atoms with Gasteiger partial charge in [0.05, 0.1) is 0 Å². The molecule has 0 heterocycles. The highest BCUT2D eigenvalue weighted by Crippen LogP contribution is 2.31. The van der Waals surface area contributed by atoms with Gasteiger partial charge in [0.1, 0.15) is 0 Å². The molecular weight excluding hydrogens is 232 g/mol. The molecule has 2 aliphatic carbocycles. The van der Waals surface area contributed by atoms with Crippen molar-refractivity contribution in [3.63, 3.8) is 0 Å². The Morgan fingerprint density at radius 1 is 1.26 bits per heavy atom. The molecule has 1 aromatic rings. The van der Waals surface area contributed by atoms with Crippen molar-refractivity contribution < 1.29 is 0 Å². The fourth-order valence-electron chi connectivity index (χ4n) is 3.35. The molecule has 0 spiro atoms. The number of aryl methyl sites for hydroxylation is 2. The zero-order valence-electron chi connectivity index (χ0n) is 12.3. The molecule has 3 rings (SSSR count). The van der Waals surface area contributed by atoms with Gasteiger partial charge in [-0.3, -0.25) is 4.90 Å². The number of likely N-dealkylation sites (N-methyl/N-ethyl adjacent to an activating group) is 1. The van der Waals surface area contributed by atoms with Crippen molar-refractivity contribution in [3.8, 4) is 0 Å². The molecule has 0 aliphatic heterocycles. The Morgan fingerprint density at radius 2 is 2.11 bits per heavy atom. The quantitative estimate of drug-likeness (QED) is 0.843. The molecule has 0 radical (unpaired) electrons. The lowest BCUT2D eigenvalue weighted by molar-refractivity contribution is 0.272. The predicted octanol–water partition coefficient (Wildman–Crippen LogP) is 3.06. The number of fused-ring (bicyclic) bond motifs is 1. The van der Waals surface area contributed by atoms with E-state index in [0.29, 0.717) is 6.04 Å². The SMILES string of the molecule is CCN(CCNC1CCc2ccc(C)cc21)C1CC1. The lowest BCUT2D eigenvalue weighted by atomic mass is 10.1. The van der Waals surface area contributed by atoms with Crippen LogP contribution in [0.2, 0.25) is 0 Å². The molecule has 0 amide bonds. The molecule has 1 saturated carbocycles. The summed E-state index contributed by atoms with van der Waals surface area (Å²) in [6, 6.07) is 8.42. The Balaban J connectivity index is 1.53. The third-order valence-corrected chi connectivity index (χ3v) is 4.64. The Kier molecular flexibility index (Phi) is 3.90. The van der Waals surface area contributed by atoms with Crippen LogP contribution in [0.15, 0.2) is 18.2 Å². The summed E-state index contributed by atoms with van der Waals surface area (Å²) in [5.74, 6) is 0. The highest BCUT2D eigenvalue weighted by molar-refractivity contribution is 5.37. The molecule has 1 fully saturated rings. The van der Waals surface area contributed by atoms with Crippen molar-refractivity contribution >= 4 is 0 Å². The summed E-state index contributed by atoms with van der Waals surface area (Å²) in [5, 5.41) is 3.77. The Bertz CT molecular complexity index is 437. The topological polar surface area (TPSA) is 15.3 Å². The lowest BCUT2D eigenvalue weighted by Crippen LogP contribution is -2.34. The van der Waals surface area contributed by atoms with Crippen LogP contribution in [0.3, 0.4) is 0 Å². The van der Waals surface area contributed by atoms with Crippen LogP contribution >= 0.6 is 0 Å². The fourth-order valence-corrected chi connectivity index (χ4v) is 3.35. The van der Waals surface area contributed by atoms with Crippen molar-refractivity contribution in [2.24, 2.45) is 0 Å². The van der Waals surface area contributed by atoms with Crippen LogP contribution in [0, 0.1) is 6.92 Å². The van der Waals surface area contributed by atoms with Crippen LogP contribution in [0.5, 0.6) is 0 Å². The predicted molar refractivity (Wildman–Crippen MR) is 80.5 cm³/mol. The van der Waals surface area contributed by atoms with E-state index in [-0.39, 0.29) is 0 Å². The first kappa shape index (κ1) is 13.1. The number of hydrogen-bond acceptors (Lipinski definition) is 2. The van der Waals surface area contributed by atoms with Crippen LogP contribution < -0.4 is 5.32 Å². The van der Waals surface area contributed by atoms with Gasteiger partial charge in [0.2, 0.25) is 0 Å². The van der Waals surface area contributed by atoms with Crippen LogP contribution in [-0.4, -0.2) is 30.6 Å². The van der Waals surface area contributed by atoms with Gasteiger partial charge >= 0.3 is 0 Å². The molecule has 1 aromatic carbocycles. The van der Waals surface area contributed by atoms with Gasteiger partial charge in [-0.25, -0.2) is 0 Å². The summed E-state index contributed by atoms with van der Waals surface area (Å²) in [4.78, 5) is 2.62. The molecule has 0 bridgehead atoms. The highest BCUT2D eigenvalue weighted by atomic mass is 15.2. The summed E-state index contributed by atoms with van der Waals surface area (Å²) in [5.41, 5.74) is 4.49. The van der Waals surface area contributed by atoms with Gasteiger partial charge in [-0.1, -0.05) is 30.7 Å². The molecule has 19 heavy (non-hydrogen) atoms. The summed E-state index contributed by atoms with van der Waals surface area (Å²) >= 11 is 0. The van der Waals surface area contributed by atoms with E-state index in [0.717, 1.165) is 12.6 Å². The number of hydrogen-bond donors (Lipinski definition) is 1. The van der Waals surface area contributed by atoms with Crippen molar-refractivity contribution in [1.29, 1.82) is 0 Å². The zero-order valence-corrected chi connectivity index (χ0v) is 12.3. The number of rotatable bonds is 6. The minimum Gasteiger partial charge on any atom is -0.309 e. The molecule has 1 unspecified atom stereocenters. The van der Waals surface area contributed by atoms with E-state index in [2.05, 4.69) is 42.3 Å². The number of benzene rings is 1. The molecule has 104 valence electrons. The monoisotopic (exact) mass is 258 g/mol. The normalized spacial score (nSPS) is 21.9. The van der Waals surface area contributed by atoms with E-state index in [1.807, 2.05) is 0 Å². The van der Waals surface area contributed by atoms with Crippen molar-refractivity contribution in [2.75, 3.05) is 19.6 Å². The van der Waals surface area contributed by atoms with Gasteiger partial charge in [0.25, 0.3) is 0 Å². The van der Waals surface area contributed by atoms with Gasteiger partial charge in [-0.2, -0.15) is 0 Å². The Morgan fingerprint density at radius 3 is 2.84 bits per heavy atom. The van der Waals surface area contributed by atoms with Crippen molar-refractivity contribution in [1.82, 2.24) is 10.2 Å². The minimum atomic E-state index is 0.591. The van der Waals surface area contributed by atoms with Crippen molar-refractivity contribution in [2.45, 2.75) is 51.6 Å². The lowest BCUT2D eigenvalue weighted by Gasteiger charge is -2.22. The standard InChI is InChI=1S/C17H26N2/c1-3-19(15-7-8-15)11-10-18-17-9-6-14-5-4-13(2)12-16(14)17/h4-5,12,15,17-18H,3,6-11H2,1-2H3. The minimum absolute atomic E-state index is 0.591. The van der Waals surface area contributed by atoms with E-state index in [9.17, 15) is 0 Å². The molecule has 0 aromatic heterocycles. The Labute approximate surface area is 117 Å². The molecule has 1 atom stereocenters. The fraction of sp³-hybridized carbons (Fsp3) is 0.647. The molecule has 0 saturated heterocycles. The maximum absolute atomic E-state index is 3.77. The summed E-state index contributed by atoms with van der Waals surface area (Å²) in [6.07, 6.45) is 5.35. The maximum Gasteiger partial charge on any atom is 0.0326 e. The van der Waals surface area contributed by atoms with E-state index >= 15 is 0 Å². The maximum atomic E-state index is 3.77. The number of nitrogens with zero attached hydrogens (tertiary/aromatic N) is 1. The summed E-state index contributed by atoms with van der Waals surface area (Å²) in [6.45, 7) is 8.02. The summed E-state index contributed by atoms with van der Waals surface area (Å²) in [7, 11) is 0. The average Bonchev–Trinajstić information content (AvgIpc) is 3.17.